The molecule has 2 amide bonds. The molecule has 242 valence electrons. The highest BCUT2D eigenvalue weighted by atomic mass is 35.5. The standard InChI is InChI=1S/C31H39ClFNO9S/c1-29(2,3)42-27(36)34-23(16-20-8-10-21(11-9-20)24-17-22(32)12-13-25(24)33)18-31(26(34)35,14-15-41-44(7,38)39)19-40-28(37)43-30(4,5)6/h8-13,17,23H,14-16,18-19H2,1-7H3. The summed E-state index contributed by atoms with van der Waals surface area (Å²) in [7, 11) is -3.85. The van der Waals surface area contributed by atoms with Gasteiger partial charge >= 0.3 is 12.2 Å². The smallest absolute Gasteiger partial charge is 0.443 e. The van der Waals surface area contributed by atoms with Gasteiger partial charge in [0.2, 0.25) is 5.91 Å². The number of hydrogen-bond acceptors (Lipinski definition) is 9. The Bertz CT molecular complexity index is 1480. The third-order valence-corrected chi connectivity index (χ3v) is 7.48. The lowest BCUT2D eigenvalue weighted by molar-refractivity contribution is -0.139. The molecule has 1 heterocycles. The molecule has 13 heteroatoms. The number of rotatable bonds is 9. The monoisotopic (exact) mass is 655 g/mol. The van der Waals surface area contributed by atoms with E-state index in [0.717, 1.165) is 16.7 Å². The molecule has 3 rings (SSSR count). The van der Waals surface area contributed by atoms with Gasteiger partial charge in [0.05, 0.1) is 18.3 Å². The Kier molecular flexibility index (Phi) is 10.8. The number of nitrogens with zero attached hydrogens (tertiary/aromatic N) is 1. The van der Waals surface area contributed by atoms with E-state index in [1.54, 1.807) is 65.8 Å². The fraction of sp³-hybridized carbons (Fsp3) is 0.516. The van der Waals surface area contributed by atoms with Gasteiger partial charge < -0.3 is 14.2 Å². The minimum absolute atomic E-state index is 0.00562. The van der Waals surface area contributed by atoms with Gasteiger partial charge in [-0.2, -0.15) is 8.42 Å². The average molecular weight is 656 g/mol. The molecule has 1 saturated heterocycles. The Hall–Kier alpha value is -3.22. The zero-order valence-electron chi connectivity index (χ0n) is 25.9. The van der Waals surface area contributed by atoms with Crippen LogP contribution in [0.2, 0.25) is 5.02 Å². The van der Waals surface area contributed by atoms with Crippen molar-refractivity contribution in [2.24, 2.45) is 5.41 Å². The van der Waals surface area contributed by atoms with Crippen LogP contribution in [0.5, 0.6) is 0 Å². The number of carbonyl (C=O) groups is 3. The summed E-state index contributed by atoms with van der Waals surface area (Å²) in [5.41, 5.74) is -1.69. The number of halogens is 2. The second kappa shape index (κ2) is 13.4. The number of carbonyl (C=O) groups excluding carboxylic acids is 3. The quantitative estimate of drug-likeness (QED) is 0.219. The average Bonchev–Trinajstić information content (AvgIpc) is 3.13. The molecule has 1 fully saturated rings. The molecule has 2 unspecified atom stereocenters. The van der Waals surface area contributed by atoms with Crippen LogP contribution in [0.1, 0.15) is 59.9 Å². The highest BCUT2D eigenvalue weighted by Gasteiger charge is 2.55. The van der Waals surface area contributed by atoms with Crippen molar-refractivity contribution in [2.75, 3.05) is 19.5 Å². The molecule has 0 aromatic heterocycles. The minimum atomic E-state index is -3.85. The number of benzene rings is 2. The Morgan fingerprint density at radius 2 is 1.64 bits per heavy atom. The van der Waals surface area contributed by atoms with E-state index >= 15 is 0 Å². The van der Waals surface area contributed by atoms with Crippen molar-refractivity contribution in [3.05, 3.63) is 58.9 Å². The summed E-state index contributed by atoms with van der Waals surface area (Å²) in [6.45, 7) is 9.05. The SMILES string of the molecule is CC(C)(C)OC(=O)OCC1(CCOS(C)(=O)=O)CC(Cc2ccc(-c3cc(Cl)ccc3F)cc2)N(C(=O)OC(C)(C)C)C1=O. The van der Waals surface area contributed by atoms with Gasteiger partial charge in [0.1, 0.15) is 23.6 Å². The summed E-state index contributed by atoms with van der Waals surface area (Å²) in [4.78, 5) is 40.9. The molecule has 0 radical (unpaired) electrons. The van der Waals surface area contributed by atoms with Gasteiger partial charge in [0, 0.05) is 16.6 Å². The van der Waals surface area contributed by atoms with Gasteiger partial charge in [-0.3, -0.25) is 8.98 Å². The van der Waals surface area contributed by atoms with Crippen LogP contribution in [-0.4, -0.2) is 68.2 Å². The van der Waals surface area contributed by atoms with Crippen LogP contribution in [0.15, 0.2) is 42.5 Å². The van der Waals surface area contributed by atoms with Gasteiger partial charge in [0.25, 0.3) is 10.1 Å². The van der Waals surface area contributed by atoms with Crippen LogP contribution in [0.4, 0.5) is 14.0 Å². The Labute approximate surface area is 262 Å². The highest BCUT2D eigenvalue weighted by molar-refractivity contribution is 7.85. The van der Waals surface area contributed by atoms with Gasteiger partial charge in [-0.15, -0.1) is 0 Å². The first-order chi connectivity index (χ1) is 20.2. The zero-order valence-corrected chi connectivity index (χ0v) is 27.5. The van der Waals surface area contributed by atoms with E-state index in [1.807, 2.05) is 0 Å². The Balaban J connectivity index is 1.96. The summed E-state index contributed by atoms with van der Waals surface area (Å²) >= 11 is 6.05. The molecule has 0 aliphatic carbocycles. The van der Waals surface area contributed by atoms with Crippen LogP contribution >= 0.6 is 11.6 Å². The molecule has 0 N–H and O–H groups in total. The number of imide groups is 1. The van der Waals surface area contributed by atoms with Gasteiger partial charge in [-0.05, 0) is 90.1 Å². The molecule has 0 bridgehead atoms. The van der Waals surface area contributed by atoms with E-state index in [0.29, 0.717) is 16.1 Å². The lowest BCUT2D eigenvalue weighted by Crippen LogP contribution is -2.46. The number of amides is 2. The number of likely N-dealkylation sites (tertiary alicyclic amines) is 1. The molecule has 2 aromatic rings. The molecule has 10 nitrogen and oxygen atoms in total. The van der Waals surface area contributed by atoms with Crippen molar-refractivity contribution >= 4 is 39.9 Å². The van der Waals surface area contributed by atoms with Crippen molar-refractivity contribution in [3.63, 3.8) is 0 Å². The maximum absolute atomic E-state index is 14.4. The fourth-order valence-corrected chi connectivity index (χ4v) is 5.39. The zero-order chi connectivity index (χ0) is 33.1. The molecule has 44 heavy (non-hydrogen) atoms. The van der Waals surface area contributed by atoms with E-state index in [9.17, 15) is 27.2 Å². The van der Waals surface area contributed by atoms with Crippen molar-refractivity contribution in [2.45, 2.75) is 78.0 Å². The largest absolute Gasteiger partial charge is 0.508 e. The van der Waals surface area contributed by atoms with Gasteiger partial charge in [-0.1, -0.05) is 35.9 Å². The lowest BCUT2D eigenvalue weighted by Gasteiger charge is -2.29. The molecular weight excluding hydrogens is 617 g/mol. The first-order valence-corrected chi connectivity index (χ1v) is 16.2. The van der Waals surface area contributed by atoms with Crippen molar-refractivity contribution in [3.8, 4) is 11.1 Å². The summed E-state index contributed by atoms with van der Waals surface area (Å²) in [5.74, 6) is -1.14. The van der Waals surface area contributed by atoms with E-state index in [4.69, 9.17) is 30.0 Å². The highest BCUT2D eigenvalue weighted by Crippen LogP contribution is 2.42. The van der Waals surface area contributed by atoms with Crippen LogP contribution in [0.25, 0.3) is 11.1 Å². The topological polar surface area (TPSA) is 126 Å². The second-order valence-electron chi connectivity index (χ2n) is 12.8. The second-order valence-corrected chi connectivity index (χ2v) is 14.9. The molecule has 0 saturated carbocycles. The molecule has 2 atom stereocenters. The van der Waals surface area contributed by atoms with Gasteiger partial charge in [-0.25, -0.2) is 18.9 Å². The Morgan fingerprint density at radius 1 is 1.02 bits per heavy atom. The summed E-state index contributed by atoms with van der Waals surface area (Å²) < 4.78 is 58.9. The molecule has 0 spiro atoms. The third-order valence-electron chi connectivity index (χ3n) is 6.65. The van der Waals surface area contributed by atoms with Gasteiger partial charge in [0.15, 0.2) is 0 Å². The van der Waals surface area contributed by atoms with Crippen molar-refractivity contribution < 1.29 is 45.6 Å². The maximum Gasteiger partial charge on any atom is 0.508 e. The first kappa shape index (κ1) is 35.3. The summed E-state index contributed by atoms with van der Waals surface area (Å²) in [6, 6.07) is 10.4. The minimum Gasteiger partial charge on any atom is -0.443 e. The third kappa shape index (κ3) is 9.90. The van der Waals surface area contributed by atoms with E-state index < -0.39 is 70.0 Å². The predicted octanol–water partition coefficient (Wildman–Crippen LogP) is 6.53. The Morgan fingerprint density at radius 3 is 2.20 bits per heavy atom. The normalized spacial score (nSPS) is 19.2. The van der Waals surface area contributed by atoms with Crippen LogP contribution in [-0.2, 0) is 39.7 Å². The number of hydrogen-bond donors (Lipinski definition) is 0. The summed E-state index contributed by atoms with van der Waals surface area (Å²) in [6.07, 6.45) is -1.03. The maximum atomic E-state index is 14.4. The van der Waals surface area contributed by atoms with Crippen LogP contribution in [0.3, 0.4) is 0 Å². The molecule has 2 aromatic carbocycles. The lowest BCUT2D eigenvalue weighted by atomic mass is 9.81. The van der Waals surface area contributed by atoms with Crippen LogP contribution < -0.4 is 0 Å². The molecule has 1 aliphatic rings. The van der Waals surface area contributed by atoms with E-state index in [-0.39, 0.29) is 19.3 Å². The predicted molar refractivity (Wildman–Crippen MR) is 162 cm³/mol. The van der Waals surface area contributed by atoms with E-state index in [2.05, 4.69) is 0 Å². The first-order valence-electron chi connectivity index (χ1n) is 14.0. The van der Waals surface area contributed by atoms with Crippen molar-refractivity contribution in [1.29, 1.82) is 0 Å². The molecule has 1 aliphatic heterocycles. The van der Waals surface area contributed by atoms with E-state index in [1.165, 1.54) is 18.2 Å². The fourth-order valence-electron chi connectivity index (χ4n) is 4.84. The molecular formula is C31H39ClFNO9S. The summed E-state index contributed by atoms with van der Waals surface area (Å²) in [5, 5.41) is 0.382. The van der Waals surface area contributed by atoms with Crippen LogP contribution in [0, 0.1) is 11.2 Å². The number of ether oxygens (including phenoxy) is 3. The van der Waals surface area contributed by atoms with Crippen molar-refractivity contribution in [1.82, 2.24) is 4.90 Å².